The Labute approximate surface area is 164 Å². The fourth-order valence-corrected chi connectivity index (χ4v) is 2.92. The maximum absolute atomic E-state index is 12.9. The number of carbonyl (C=O) groups is 2. The van der Waals surface area contributed by atoms with E-state index in [2.05, 4.69) is 20.6 Å². The lowest BCUT2D eigenvalue weighted by Gasteiger charge is -2.08. The summed E-state index contributed by atoms with van der Waals surface area (Å²) in [5.74, 6) is -0.179. The van der Waals surface area contributed by atoms with Crippen LogP contribution in [0, 0.1) is 0 Å². The number of hydrogen-bond donors (Lipinski definition) is 3. The summed E-state index contributed by atoms with van der Waals surface area (Å²) < 4.78 is 6.49. The number of para-hydroxylation sites is 2. The first-order valence-electron chi connectivity index (χ1n) is 8.73. The molecule has 4 aromatic rings. The van der Waals surface area contributed by atoms with E-state index >= 15 is 0 Å². The molecule has 2 heterocycles. The van der Waals surface area contributed by atoms with Crippen LogP contribution in [0.25, 0.3) is 22.6 Å². The van der Waals surface area contributed by atoms with E-state index in [9.17, 15) is 9.59 Å². The van der Waals surface area contributed by atoms with Crippen molar-refractivity contribution in [3.05, 3.63) is 54.1 Å². The van der Waals surface area contributed by atoms with Crippen molar-refractivity contribution in [3.8, 4) is 11.5 Å². The lowest BCUT2D eigenvalue weighted by molar-refractivity contribution is -0.114. The molecule has 2 aromatic heterocycles. The molecule has 0 fully saturated rings. The van der Waals surface area contributed by atoms with Gasteiger partial charge in [0.25, 0.3) is 0 Å². The Kier molecular flexibility index (Phi) is 4.75. The van der Waals surface area contributed by atoms with Gasteiger partial charge in [0, 0.05) is 11.3 Å². The highest BCUT2D eigenvalue weighted by atomic mass is 16.6. The van der Waals surface area contributed by atoms with Gasteiger partial charge in [0.2, 0.25) is 11.7 Å². The Bertz CT molecular complexity index is 1190. The molecule has 0 spiro atoms. The molecule has 0 bridgehead atoms. The van der Waals surface area contributed by atoms with Gasteiger partial charge >= 0.3 is 0 Å². The van der Waals surface area contributed by atoms with Crippen molar-refractivity contribution in [1.82, 2.24) is 19.9 Å². The molecule has 29 heavy (non-hydrogen) atoms. The fraction of sp³-hybridized carbons (Fsp3) is 0.105. The Morgan fingerprint density at radius 3 is 2.59 bits per heavy atom. The smallest absolute Gasteiger partial charge is 0.239 e. The molecule has 10 heteroatoms. The first kappa shape index (κ1) is 18.3. The molecule has 0 saturated heterocycles. The Balaban J connectivity index is 1.78. The average Bonchev–Trinajstić information content (AvgIpc) is 3.32. The number of carbonyl (C=O) groups excluding carboxylic acids is 2. The van der Waals surface area contributed by atoms with E-state index in [1.807, 2.05) is 24.3 Å². The van der Waals surface area contributed by atoms with Gasteiger partial charge in [0.05, 0.1) is 24.1 Å². The first-order valence-corrected chi connectivity index (χ1v) is 8.73. The van der Waals surface area contributed by atoms with Crippen molar-refractivity contribution in [2.75, 3.05) is 17.6 Å². The van der Waals surface area contributed by atoms with Crippen LogP contribution in [-0.4, -0.2) is 38.1 Å². The molecule has 0 atom stereocenters. The molecule has 0 unspecified atom stereocenters. The van der Waals surface area contributed by atoms with Gasteiger partial charge in [-0.25, -0.2) is 9.61 Å². The number of imidazole rings is 1. The quantitative estimate of drug-likeness (QED) is 0.329. The van der Waals surface area contributed by atoms with Crippen LogP contribution in [0.1, 0.15) is 10.4 Å². The Hall–Kier alpha value is -4.05. The first-order chi connectivity index (χ1) is 14.1. The lowest BCUT2D eigenvalue weighted by atomic mass is 10.1. The van der Waals surface area contributed by atoms with Crippen LogP contribution in [0.5, 0.6) is 0 Å². The molecule has 0 aliphatic heterocycles. The van der Waals surface area contributed by atoms with Crippen LogP contribution in [0.4, 0.5) is 11.5 Å². The second kappa shape index (κ2) is 7.52. The number of nitrogens with zero attached hydrogens (tertiary/aromatic N) is 4. The average molecular weight is 391 g/mol. The maximum atomic E-state index is 12.9. The van der Waals surface area contributed by atoms with Gasteiger partial charge in [0.1, 0.15) is 0 Å². The van der Waals surface area contributed by atoms with Crippen LogP contribution in [0.15, 0.2) is 53.2 Å². The second-order valence-corrected chi connectivity index (χ2v) is 6.27. The summed E-state index contributed by atoms with van der Waals surface area (Å²) in [5.41, 5.74) is 13.7. The number of aromatic nitrogens is 4. The van der Waals surface area contributed by atoms with Crippen molar-refractivity contribution < 1.29 is 14.2 Å². The van der Waals surface area contributed by atoms with Crippen molar-refractivity contribution in [2.24, 2.45) is 5.73 Å². The number of hydrogen-bond acceptors (Lipinski definition) is 8. The minimum atomic E-state index is -0.456. The minimum absolute atomic E-state index is 0.00308. The molecule has 0 aliphatic rings. The predicted molar refractivity (Wildman–Crippen MR) is 106 cm³/mol. The summed E-state index contributed by atoms with van der Waals surface area (Å²) in [5, 5.41) is 10.1. The molecule has 146 valence electrons. The topological polar surface area (TPSA) is 155 Å². The molecule has 10 nitrogen and oxygen atoms in total. The summed E-state index contributed by atoms with van der Waals surface area (Å²) in [7, 11) is 0. The minimum Gasteiger partial charge on any atom is -0.399 e. The molecule has 1 amide bonds. The predicted octanol–water partition coefficient (Wildman–Crippen LogP) is 1.45. The van der Waals surface area contributed by atoms with Gasteiger partial charge < -0.3 is 21.4 Å². The summed E-state index contributed by atoms with van der Waals surface area (Å²) in [6, 6.07) is 14.0. The monoisotopic (exact) mass is 391 g/mol. The van der Waals surface area contributed by atoms with E-state index in [4.69, 9.17) is 16.1 Å². The number of anilines is 2. The number of benzene rings is 2. The van der Waals surface area contributed by atoms with E-state index in [0.717, 1.165) is 5.52 Å². The summed E-state index contributed by atoms with van der Waals surface area (Å²) in [6.07, 6.45) is 0. The zero-order valence-corrected chi connectivity index (χ0v) is 15.2. The highest BCUT2D eigenvalue weighted by Crippen LogP contribution is 2.28. The maximum Gasteiger partial charge on any atom is 0.239 e. The third-order valence-electron chi connectivity index (χ3n) is 4.33. The van der Waals surface area contributed by atoms with E-state index in [-0.39, 0.29) is 30.4 Å². The number of nitrogens with one attached hydrogen (secondary N) is 1. The van der Waals surface area contributed by atoms with Crippen molar-refractivity contribution in [2.45, 2.75) is 6.54 Å². The molecule has 2 aromatic carbocycles. The second-order valence-electron chi connectivity index (χ2n) is 6.27. The van der Waals surface area contributed by atoms with E-state index in [1.54, 1.807) is 28.8 Å². The normalized spacial score (nSPS) is 10.9. The largest absolute Gasteiger partial charge is 0.399 e. The molecular weight excluding hydrogens is 374 g/mol. The number of nitrogen functional groups attached to an aromatic ring is 1. The molecular formula is C19H17N7O3. The van der Waals surface area contributed by atoms with Crippen LogP contribution in [0.3, 0.4) is 0 Å². The Morgan fingerprint density at radius 1 is 1.07 bits per heavy atom. The van der Waals surface area contributed by atoms with Gasteiger partial charge in [-0.05, 0) is 46.7 Å². The number of nitrogens with two attached hydrogens (primary N) is 2. The van der Waals surface area contributed by atoms with Gasteiger partial charge in [-0.3, -0.25) is 9.59 Å². The number of fused-ring (bicyclic) bond motifs is 1. The summed E-state index contributed by atoms with van der Waals surface area (Å²) in [6.45, 7) is -0.227. The third-order valence-corrected chi connectivity index (χ3v) is 4.33. The van der Waals surface area contributed by atoms with Crippen molar-refractivity contribution >= 4 is 34.2 Å². The van der Waals surface area contributed by atoms with Gasteiger partial charge in [-0.1, -0.05) is 12.1 Å². The van der Waals surface area contributed by atoms with Crippen LogP contribution < -0.4 is 16.8 Å². The van der Waals surface area contributed by atoms with Crippen LogP contribution in [-0.2, 0) is 11.3 Å². The van der Waals surface area contributed by atoms with Gasteiger partial charge in [0.15, 0.2) is 17.3 Å². The lowest BCUT2D eigenvalue weighted by Crippen LogP contribution is -2.22. The molecule has 0 saturated carbocycles. The van der Waals surface area contributed by atoms with Gasteiger partial charge in [-0.15, -0.1) is 0 Å². The molecule has 5 N–H and O–H groups in total. The van der Waals surface area contributed by atoms with E-state index < -0.39 is 5.91 Å². The number of amides is 1. The zero-order valence-electron chi connectivity index (χ0n) is 15.2. The van der Waals surface area contributed by atoms with Gasteiger partial charge in [-0.2, -0.15) is 0 Å². The fourth-order valence-electron chi connectivity index (χ4n) is 2.92. The SMILES string of the molecule is NCC(=O)Nc1nonc1-c1nc2ccccc2n1CC(=O)c1ccc(N)cc1. The summed E-state index contributed by atoms with van der Waals surface area (Å²) in [4.78, 5) is 29.1. The number of ketones is 1. The highest BCUT2D eigenvalue weighted by molar-refractivity contribution is 5.98. The Morgan fingerprint density at radius 2 is 1.83 bits per heavy atom. The zero-order chi connectivity index (χ0) is 20.4. The van der Waals surface area contributed by atoms with Crippen molar-refractivity contribution in [3.63, 3.8) is 0 Å². The number of rotatable bonds is 6. The molecule has 0 aliphatic carbocycles. The van der Waals surface area contributed by atoms with E-state index in [1.165, 1.54) is 0 Å². The van der Waals surface area contributed by atoms with E-state index in [0.29, 0.717) is 22.6 Å². The highest BCUT2D eigenvalue weighted by Gasteiger charge is 2.23. The van der Waals surface area contributed by atoms with Crippen molar-refractivity contribution in [1.29, 1.82) is 0 Å². The standard InChI is InChI=1S/C19H17N7O3/c20-9-16(28)23-18-17(24-29-25-18)19-22-13-3-1-2-4-14(13)26(19)10-15(27)11-5-7-12(21)8-6-11/h1-8H,9-10,20-21H2,(H,23,25,28). The third kappa shape index (κ3) is 3.56. The van der Waals surface area contributed by atoms with Crippen LogP contribution >= 0.6 is 0 Å². The van der Waals surface area contributed by atoms with Crippen LogP contribution in [0.2, 0.25) is 0 Å². The summed E-state index contributed by atoms with van der Waals surface area (Å²) >= 11 is 0. The number of Topliss-reactive ketones (excluding diaryl/α,β-unsaturated/α-hetero) is 1. The molecule has 0 radical (unpaired) electrons. The molecule has 4 rings (SSSR count).